The summed E-state index contributed by atoms with van der Waals surface area (Å²) in [5.74, 6) is 0.678. The van der Waals surface area contributed by atoms with Gasteiger partial charge in [-0.25, -0.2) is 4.98 Å². The third-order valence-corrected chi connectivity index (χ3v) is 3.77. The Morgan fingerprint density at radius 2 is 2.25 bits per heavy atom. The molecule has 0 amide bonds. The molecule has 104 valence electrons. The van der Waals surface area contributed by atoms with Crippen LogP contribution in [0.25, 0.3) is 10.9 Å². The van der Waals surface area contributed by atoms with Crippen molar-refractivity contribution in [3.05, 3.63) is 58.4 Å². The molecule has 0 bridgehead atoms. The first-order chi connectivity index (χ1) is 9.63. The lowest BCUT2D eigenvalue weighted by Gasteiger charge is -2.10. The molecule has 2 aromatic rings. The summed E-state index contributed by atoms with van der Waals surface area (Å²) in [7, 11) is 0. The fourth-order valence-electron chi connectivity index (χ4n) is 1.78. The van der Waals surface area contributed by atoms with Crippen LogP contribution in [-0.2, 0) is 6.54 Å². The van der Waals surface area contributed by atoms with Crippen molar-refractivity contribution in [1.29, 1.82) is 0 Å². The van der Waals surface area contributed by atoms with E-state index in [0.29, 0.717) is 28.4 Å². The second kappa shape index (κ2) is 6.77. The number of rotatable bonds is 5. The van der Waals surface area contributed by atoms with Crippen molar-refractivity contribution in [2.75, 3.05) is 5.75 Å². The van der Waals surface area contributed by atoms with Gasteiger partial charge in [0.05, 0.1) is 10.9 Å². The highest BCUT2D eigenvalue weighted by atomic mass is 35.5. The number of hydrogen-bond donors (Lipinski definition) is 0. The molecule has 0 aliphatic carbocycles. The van der Waals surface area contributed by atoms with Crippen molar-refractivity contribution in [3.8, 4) is 0 Å². The second-order valence-corrected chi connectivity index (χ2v) is 5.80. The standard InChI is InChI=1S/C15H15ClN2OS/c1-3-9-18-14(19)12-6-4-5-7-13(12)17-15(18)20-10-8-11(2)16/h3-8H,1,9-10H2,2H3/b11-8-. The average Bonchev–Trinajstić information content (AvgIpc) is 2.42. The van der Waals surface area contributed by atoms with E-state index >= 15 is 0 Å². The summed E-state index contributed by atoms with van der Waals surface area (Å²) < 4.78 is 1.64. The van der Waals surface area contributed by atoms with Gasteiger partial charge >= 0.3 is 0 Å². The zero-order valence-corrected chi connectivity index (χ0v) is 12.7. The first kappa shape index (κ1) is 14.9. The molecule has 1 aromatic heterocycles. The summed E-state index contributed by atoms with van der Waals surface area (Å²) >= 11 is 7.30. The van der Waals surface area contributed by atoms with Crippen LogP contribution in [0.4, 0.5) is 0 Å². The normalized spacial score (nSPS) is 11.8. The van der Waals surface area contributed by atoms with Gasteiger partial charge in [-0.15, -0.1) is 6.58 Å². The number of thioether (sulfide) groups is 1. The number of hydrogen-bond acceptors (Lipinski definition) is 3. The lowest BCUT2D eigenvalue weighted by Crippen LogP contribution is -2.22. The van der Waals surface area contributed by atoms with Crippen molar-refractivity contribution in [2.24, 2.45) is 0 Å². The van der Waals surface area contributed by atoms with Crippen molar-refractivity contribution in [2.45, 2.75) is 18.6 Å². The van der Waals surface area contributed by atoms with Crippen LogP contribution in [0.1, 0.15) is 6.92 Å². The van der Waals surface area contributed by atoms with Crippen LogP contribution in [0, 0.1) is 0 Å². The van der Waals surface area contributed by atoms with Crippen LogP contribution in [-0.4, -0.2) is 15.3 Å². The summed E-state index contributed by atoms with van der Waals surface area (Å²) in [6.07, 6.45) is 3.59. The first-order valence-corrected chi connectivity index (χ1v) is 7.55. The molecule has 2 rings (SSSR count). The molecular formula is C15H15ClN2OS. The second-order valence-electron chi connectivity index (χ2n) is 4.22. The number of aromatic nitrogens is 2. The van der Waals surface area contributed by atoms with Gasteiger partial charge in [0, 0.05) is 17.3 Å². The van der Waals surface area contributed by atoms with Crippen molar-refractivity contribution < 1.29 is 0 Å². The molecule has 0 radical (unpaired) electrons. The van der Waals surface area contributed by atoms with Gasteiger partial charge in [0.25, 0.3) is 5.56 Å². The van der Waals surface area contributed by atoms with Gasteiger partial charge in [-0.1, -0.05) is 47.6 Å². The molecule has 0 atom stereocenters. The third-order valence-electron chi connectivity index (χ3n) is 2.72. The maximum atomic E-state index is 12.5. The Bertz CT molecular complexity index is 717. The molecule has 0 saturated carbocycles. The van der Waals surface area contributed by atoms with E-state index in [1.807, 2.05) is 31.2 Å². The van der Waals surface area contributed by atoms with E-state index in [0.717, 1.165) is 5.03 Å². The van der Waals surface area contributed by atoms with Crippen LogP contribution in [0.2, 0.25) is 0 Å². The zero-order valence-electron chi connectivity index (χ0n) is 11.2. The van der Waals surface area contributed by atoms with Gasteiger partial charge < -0.3 is 0 Å². The minimum atomic E-state index is -0.0374. The highest BCUT2D eigenvalue weighted by Gasteiger charge is 2.09. The Kier molecular flexibility index (Phi) is 5.04. The van der Waals surface area contributed by atoms with Crippen LogP contribution < -0.4 is 5.56 Å². The van der Waals surface area contributed by atoms with E-state index in [-0.39, 0.29) is 5.56 Å². The van der Waals surface area contributed by atoms with Gasteiger partial charge in [-0.2, -0.15) is 0 Å². The molecule has 0 aliphatic heterocycles. The average molecular weight is 307 g/mol. The molecule has 0 saturated heterocycles. The Balaban J connectivity index is 2.50. The van der Waals surface area contributed by atoms with E-state index < -0.39 is 0 Å². The highest BCUT2D eigenvalue weighted by Crippen LogP contribution is 2.18. The van der Waals surface area contributed by atoms with Crippen LogP contribution in [0.3, 0.4) is 0 Å². The maximum Gasteiger partial charge on any atom is 0.262 e. The van der Waals surface area contributed by atoms with Gasteiger partial charge in [0.1, 0.15) is 0 Å². The lowest BCUT2D eigenvalue weighted by atomic mass is 10.2. The third kappa shape index (κ3) is 3.32. The molecule has 5 heteroatoms. The highest BCUT2D eigenvalue weighted by molar-refractivity contribution is 7.99. The number of allylic oxidation sites excluding steroid dienone is 2. The topological polar surface area (TPSA) is 34.9 Å². The SMILES string of the molecule is C=CCn1c(SC/C=C(/C)Cl)nc2ccccc2c1=O. The summed E-state index contributed by atoms with van der Waals surface area (Å²) in [5.41, 5.74) is 0.677. The first-order valence-electron chi connectivity index (χ1n) is 6.19. The molecule has 0 aliphatic rings. The quantitative estimate of drug-likeness (QED) is 0.478. The smallest absolute Gasteiger partial charge is 0.262 e. The van der Waals surface area contributed by atoms with Gasteiger partial charge in [0.15, 0.2) is 5.16 Å². The predicted octanol–water partition coefficient (Wildman–Crippen LogP) is 3.82. The van der Waals surface area contributed by atoms with Crippen molar-refractivity contribution >= 4 is 34.3 Å². The summed E-state index contributed by atoms with van der Waals surface area (Å²) in [6, 6.07) is 7.36. The fraction of sp³-hybridized carbons (Fsp3) is 0.200. The molecule has 3 nitrogen and oxygen atoms in total. The maximum absolute atomic E-state index is 12.5. The van der Waals surface area contributed by atoms with Crippen LogP contribution in [0.15, 0.2) is 58.0 Å². The Morgan fingerprint density at radius 1 is 1.50 bits per heavy atom. The van der Waals surface area contributed by atoms with Crippen LogP contribution >= 0.6 is 23.4 Å². The van der Waals surface area contributed by atoms with E-state index in [1.165, 1.54) is 11.8 Å². The largest absolute Gasteiger partial charge is 0.283 e. The minimum Gasteiger partial charge on any atom is -0.283 e. The molecule has 0 unspecified atom stereocenters. The fourth-order valence-corrected chi connectivity index (χ4v) is 2.91. The molecule has 0 fully saturated rings. The summed E-state index contributed by atoms with van der Waals surface area (Å²) in [6.45, 7) is 5.97. The monoisotopic (exact) mass is 306 g/mol. The Morgan fingerprint density at radius 3 is 2.95 bits per heavy atom. The van der Waals surface area contributed by atoms with Crippen molar-refractivity contribution in [1.82, 2.24) is 9.55 Å². The van der Waals surface area contributed by atoms with E-state index in [2.05, 4.69) is 11.6 Å². The number of benzene rings is 1. The van der Waals surface area contributed by atoms with Crippen molar-refractivity contribution in [3.63, 3.8) is 0 Å². The minimum absolute atomic E-state index is 0.0374. The number of para-hydroxylation sites is 1. The Labute approximate surface area is 127 Å². The number of halogens is 1. The van der Waals surface area contributed by atoms with E-state index in [1.54, 1.807) is 16.7 Å². The van der Waals surface area contributed by atoms with E-state index in [9.17, 15) is 4.79 Å². The zero-order chi connectivity index (χ0) is 14.5. The molecule has 1 heterocycles. The molecule has 0 spiro atoms. The predicted molar refractivity (Wildman–Crippen MR) is 86.5 cm³/mol. The summed E-state index contributed by atoms with van der Waals surface area (Å²) in [5, 5.41) is 2.04. The summed E-state index contributed by atoms with van der Waals surface area (Å²) in [4.78, 5) is 17.0. The molecule has 20 heavy (non-hydrogen) atoms. The van der Waals surface area contributed by atoms with Gasteiger partial charge in [-0.05, 0) is 19.1 Å². The van der Waals surface area contributed by atoms with E-state index in [4.69, 9.17) is 11.6 Å². The number of fused-ring (bicyclic) bond motifs is 1. The Hall–Kier alpha value is -1.52. The van der Waals surface area contributed by atoms with Gasteiger partial charge in [0.2, 0.25) is 0 Å². The molecular weight excluding hydrogens is 292 g/mol. The van der Waals surface area contributed by atoms with Gasteiger partial charge in [-0.3, -0.25) is 9.36 Å². The lowest BCUT2D eigenvalue weighted by molar-refractivity contribution is 0.672. The van der Waals surface area contributed by atoms with Crippen LogP contribution in [0.5, 0.6) is 0 Å². The molecule has 0 N–H and O–H groups in total. The number of nitrogens with zero attached hydrogens (tertiary/aromatic N) is 2. The molecule has 1 aromatic carbocycles.